The number of H-pyrrole nitrogens is 2. The molecule has 0 saturated heterocycles. The molecule has 72 valence electrons. The molecule has 0 fully saturated rings. The van der Waals surface area contributed by atoms with Crippen molar-refractivity contribution in [1.29, 1.82) is 0 Å². The van der Waals surface area contributed by atoms with Crippen LogP contribution < -0.4 is 11.2 Å². The van der Waals surface area contributed by atoms with E-state index in [1.807, 2.05) is 0 Å². The molecule has 2 heterocycles. The van der Waals surface area contributed by atoms with Crippen molar-refractivity contribution in [2.45, 2.75) is 19.3 Å². The van der Waals surface area contributed by atoms with Crippen molar-refractivity contribution < 1.29 is 0 Å². The Bertz CT molecular complexity index is 620. The molecule has 2 N–H and O–H groups in total. The van der Waals surface area contributed by atoms with E-state index in [9.17, 15) is 9.59 Å². The maximum atomic E-state index is 11.4. The maximum absolute atomic E-state index is 11.4. The molecule has 0 saturated carbocycles. The number of hydrogen-bond donors (Lipinski definition) is 2. The second-order valence-electron chi connectivity index (χ2n) is 3.47. The number of nitrogens with one attached hydrogen (secondary N) is 2. The predicted octanol–water partition coefficient (Wildman–Crippen LogP) is 0.767. The van der Waals surface area contributed by atoms with Crippen LogP contribution in [0, 0.1) is 0 Å². The van der Waals surface area contributed by atoms with E-state index in [1.54, 1.807) is 0 Å². The van der Waals surface area contributed by atoms with Crippen LogP contribution in [0.25, 0.3) is 10.2 Å². The van der Waals surface area contributed by atoms with Gasteiger partial charge in [0.15, 0.2) is 0 Å². The van der Waals surface area contributed by atoms with Crippen LogP contribution in [0.3, 0.4) is 0 Å². The molecule has 0 unspecified atom stereocenters. The van der Waals surface area contributed by atoms with E-state index in [0.717, 1.165) is 24.8 Å². The van der Waals surface area contributed by atoms with Crippen LogP contribution in [0.4, 0.5) is 0 Å². The highest BCUT2D eigenvalue weighted by Gasteiger charge is 2.19. The Morgan fingerprint density at radius 3 is 2.86 bits per heavy atom. The van der Waals surface area contributed by atoms with Gasteiger partial charge in [-0.25, -0.2) is 4.79 Å². The van der Waals surface area contributed by atoms with Crippen LogP contribution >= 0.6 is 11.3 Å². The van der Waals surface area contributed by atoms with Gasteiger partial charge in [0, 0.05) is 4.88 Å². The second-order valence-corrected chi connectivity index (χ2v) is 4.57. The van der Waals surface area contributed by atoms with Crippen molar-refractivity contribution in [3.8, 4) is 0 Å². The van der Waals surface area contributed by atoms with Crippen LogP contribution in [0.1, 0.15) is 16.9 Å². The van der Waals surface area contributed by atoms with Gasteiger partial charge in [-0.3, -0.25) is 9.78 Å². The summed E-state index contributed by atoms with van der Waals surface area (Å²) in [5, 5.41) is 0. The highest BCUT2D eigenvalue weighted by atomic mass is 32.1. The third kappa shape index (κ3) is 0.928. The van der Waals surface area contributed by atoms with Crippen molar-refractivity contribution >= 4 is 21.6 Å². The second kappa shape index (κ2) is 2.57. The fourth-order valence-corrected chi connectivity index (χ4v) is 3.24. The predicted molar refractivity (Wildman–Crippen MR) is 55.1 cm³/mol. The van der Waals surface area contributed by atoms with Crippen molar-refractivity contribution in [2.24, 2.45) is 0 Å². The standard InChI is InChI=1S/C9H8N2O2S/c12-8-7-6(10-9(13)11-8)4-2-1-3-5(4)14-7/h1-3H2,(H2,10,11,12,13). The number of fused-ring (bicyclic) bond motifs is 3. The summed E-state index contributed by atoms with van der Waals surface area (Å²) in [4.78, 5) is 28.7. The van der Waals surface area contributed by atoms with E-state index in [-0.39, 0.29) is 5.56 Å². The molecule has 3 rings (SSSR count). The molecule has 0 bridgehead atoms. The van der Waals surface area contributed by atoms with Gasteiger partial charge in [-0.1, -0.05) is 0 Å². The van der Waals surface area contributed by atoms with Crippen LogP contribution in [-0.2, 0) is 12.8 Å². The molecule has 1 aliphatic rings. The van der Waals surface area contributed by atoms with Gasteiger partial charge in [-0.15, -0.1) is 11.3 Å². The zero-order valence-corrected chi connectivity index (χ0v) is 8.16. The first-order chi connectivity index (χ1) is 6.75. The fourth-order valence-electron chi connectivity index (χ4n) is 2.00. The summed E-state index contributed by atoms with van der Waals surface area (Å²) in [6, 6.07) is 0. The minimum atomic E-state index is -0.407. The third-order valence-corrected chi connectivity index (χ3v) is 3.88. The highest BCUT2D eigenvalue weighted by Crippen LogP contribution is 2.33. The Hall–Kier alpha value is -1.36. The molecule has 0 atom stereocenters. The smallest absolute Gasteiger partial charge is 0.306 e. The Morgan fingerprint density at radius 2 is 2.00 bits per heavy atom. The first kappa shape index (κ1) is 7.99. The summed E-state index contributed by atoms with van der Waals surface area (Å²) in [5.41, 5.74) is 1.27. The lowest BCUT2D eigenvalue weighted by Crippen LogP contribution is -2.21. The number of aryl methyl sites for hydroxylation is 2. The molecule has 5 heteroatoms. The first-order valence-electron chi connectivity index (χ1n) is 4.52. The van der Waals surface area contributed by atoms with Crippen LogP contribution in [0.2, 0.25) is 0 Å². The molecule has 2 aromatic rings. The van der Waals surface area contributed by atoms with Gasteiger partial charge in [-0.05, 0) is 24.8 Å². The molecule has 2 aromatic heterocycles. The molecule has 0 spiro atoms. The quantitative estimate of drug-likeness (QED) is 0.671. The lowest BCUT2D eigenvalue weighted by atomic mass is 10.2. The molecule has 0 aromatic carbocycles. The van der Waals surface area contributed by atoms with Crippen LogP contribution in [-0.4, -0.2) is 9.97 Å². The molecule has 1 aliphatic carbocycles. The van der Waals surface area contributed by atoms with Gasteiger partial charge in [0.2, 0.25) is 0 Å². The molecular weight excluding hydrogens is 200 g/mol. The zero-order valence-electron chi connectivity index (χ0n) is 7.35. The van der Waals surface area contributed by atoms with Gasteiger partial charge >= 0.3 is 5.69 Å². The van der Waals surface area contributed by atoms with E-state index >= 15 is 0 Å². The van der Waals surface area contributed by atoms with E-state index in [1.165, 1.54) is 21.8 Å². The normalized spacial score (nSPS) is 14.9. The molecule has 0 amide bonds. The summed E-state index contributed by atoms with van der Waals surface area (Å²) >= 11 is 1.51. The SMILES string of the molecule is O=c1[nH]c(=O)c2sc3c(c2[nH]1)CCC3. The van der Waals surface area contributed by atoms with Gasteiger partial charge in [0.1, 0.15) is 4.70 Å². The average Bonchev–Trinajstić information content (AvgIpc) is 2.65. The zero-order chi connectivity index (χ0) is 9.71. The topological polar surface area (TPSA) is 65.7 Å². The van der Waals surface area contributed by atoms with Crippen molar-refractivity contribution in [1.82, 2.24) is 9.97 Å². The van der Waals surface area contributed by atoms with E-state index in [2.05, 4.69) is 9.97 Å². The Labute approximate surface area is 82.6 Å². The summed E-state index contributed by atoms with van der Waals surface area (Å²) in [7, 11) is 0. The van der Waals surface area contributed by atoms with Crippen LogP contribution in [0.5, 0.6) is 0 Å². The van der Waals surface area contributed by atoms with Crippen molar-refractivity contribution in [3.63, 3.8) is 0 Å². The lowest BCUT2D eigenvalue weighted by Gasteiger charge is -1.91. The number of hydrogen-bond acceptors (Lipinski definition) is 3. The molecule has 14 heavy (non-hydrogen) atoms. The Balaban J connectivity index is 2.56. The van der Waals surface area contributed by atoms with Crippen LogP contribution in [0.15, 0.2) is 9.59 Å². The number of aromatic amines is 2. The number of aromatic nitrogens is 2. The third-order valence-electron chi connectivity index (χ3n) is 2.59. The molecule has 4 nitrogen and oxygen atoms in total. The van der Waals surface area contributed by atoms with Gasteiger partial charge < -0.3 is 4.98 Å². The average molecular weight is 208 g/mol. The number of rotatable bonds is 0. The summed E-state index contributed by atoms with van der Waals surface area (Å²) in [6.07, 6.45) is 3.15. The van der Waals surface area contributed by atoms with E-state index in [0.29, 0.717) is 4.70 Å². The Kier molecular flexibility index (Phi) is 1.47. The minimum absolute atomic E-state index is 0.261. The number of thiophene rings is 1. The van der Waals surface area contributed by atoms with E-state index < -0.39 is 5.69 Å². The van der Waals surface area contributed by atoms with Gasteiger partial charge in [0.05, 0.1) is 5.52 Å². The first-order valence-corrected chi connectivity index (χ1v) is 5.34. The van der Waals surface area contributed by atoms with Gasteiger partial charge in [0.25, 0.3) is 5.56 Å². The summed E-state index contributed by atoms with van der Waals surface area (Å²) < 4.78 is 0.661. The maximum Gasteiger partial charge on any atom is 0.326 e. The summed E-state index contributed by atoms with van der Waals surface area (Å²) in [6.45, 7) is 0. The van der Waals surface area contributed by atoms with E-state index in [4.69, 9.17) is 0 Å². The lowest BCUT2D eigenvalue weighted by molar-refractivity contribution is 0.915. The van der Waals surface area contributed by atoms with Crippen molar-refractivity contribution in [2.75, 3.05) is 0 Å². The van der Waals surface area contributed by atoms with Gasteiger partial charge in [-0.2, -0.15) is 0 Å². The Morgan fingerprint density at radius 1 is 1.14 bits per heavy atom. The van der Waals surface area contributed by atoms with Crippen molar-refractivity contribution in [3.05, 3.63) is 31.3 Å². The molecule has 0 aliphatic heterocycles. The fraction of sp³-hybridized carbons (Fsp3) is 0.333. The minimum Gasteiger partial charge on any atom is -0.306 e. The molecular formula is C9H8N2O2S. The molecule has 0 radical (unpaired) electrons. The highest BCUT2D eigenvalue weighted by molar-refractivity contribution is 7.19. The largest absolute Gasteiger partial charge is 0.326 e. The summed E-state index contributed by atoms with van der Waals surface area (Å²) in [5.74, 6) is 0. The monoisotopic (exact) mass is 208 g/mol.